The van der Waals surface area contributed by atoms with Gasteiger partial charge in [0.25, 0.3) is 0 Å². The lowest BCUT2D eigenvalue weighted by molar-refractivity contribution is 0.545. The highest BCUT2D eigenvalue weighted by atomic mass is 16.1. The van der Waals surface area contributed by atoms with Crippen LogP contribution in [-0.4, -0.2) is 15.8 Å². The fraction of sp³-hybridized carbons (Fsp3) is 0.200. The van der Waals surface area contributed by atoms with Crippen LogP contribution in [0.25, 0.3) is 0 Å². The van der Waals surface area contributed by atoms with E-state index in [9.17, 15) is 4.79 Å². The van der Waals surface area contributed by atoms with Gasteiger partial charge in [-0.1, -0.05) is 0 Å². The molecule has 0 aliphatic heterocycles. The molecule has 41 valence electrons. The molecule has 0 saturated carbocycles. The van der Waals surface area contributed by atoms with Gasteiger partial charge in [-0.25, -0.2) is 4.98 Å². The molecule has 0 unspecified atom stereocenters. The molecule has 0 bridgehead atoms. The number of rotatable bonds is 2. The summed E-state index contributed by atoms with van der Waals surface area (Å²) in [6.07, 6.45) is 6.65. The first kappa shape index (κ1) is 5.03. The monoisotopic (exact) mass is 109 g/mol. The second-order valence-corrected chi connectivity index (χ2v) is 1.38. The fourth-order valence-electron chi connectivity index (χ4n) is 0.455. The van der Waals surface area contributed by atoms with Crippen molar-refractivity contribution >= 4 is 6.29 Å². The van der Waals surface area contributed by atoms with Gasteiger partial charge in [-0.2, -0.15) is 0 Å². The van der Waals surface area contributed by atoms with Crippen LogP contribution in [0, 0.1) is 0 Å². The van der Waals surface area contributed by atoms with Gasteiger partial charge < -0.3 is 4.57 Å². The maximum absolute atomic E-state index is 9.70. The quantitative estimate of drug-likeness (QED) is 0.535. The predicted molar refractivity (Wildman–Crippen MR) is 27.9 cm³/mol. The molecule has 0 saturated heterocycles. The minimum atomic E-state index is 0.278. The third kappa shape index (κ3) is 0.932. The fourth-order valence-corrected chi connectivity index (χ4v) is 0.455. The predicted octanol–water partition coefficient (Wildman–Crippen LogP) is -0.00720. The van der Waals surface area contributed by atoms with E-state index >= 15 is 0 Å². The van der Waals surface area contributed by atoms with Crippen LogP contribution >= 0.6 is 0 Å². The Morgan fingerprint density at radius 3 is 3.12 bits per heavy atom. The summed E-state index contributed by atoms with van der Waals surface area (Å²) in [5.41, 5.74) is 0. The van der Waals surface area contributed by atoms with Crippen molar-refractivity contribution in [3.63, 3.8) is 0 Å². The van der Waals surface area contributed by atoms with E-state index in [1.54, 1.807) is 29.6 Å². The normalized spacial score (nSPS) is 9.00. The summed E-state index contributed by atoms with van der Waals surface area (Å²) in [6, 6.07) is 0. The zero-order valence-electron chi connectivity index (χ0n) is 4.24. The molecule has 1 aromatic heterocycles. The molecule has 1 aromatic rings. The van der Waals surface area contributed by atoms with Gasteiger partial charge in [-0.15, -0.1) is 0 Å². The molecule has 0 N–H and O–H groups in total. The number of hydrogen-bond donors (Lipinski definition) is 0. The molecule has 0 aliphatic rings. The van der Waals surface area contributed by atoms with Gasteiger partial charge in [0, 0.05) is 12.4 Å². The van der Waals surface area contributed by atoms with Gasteiger partial charge in [-0.3, -0.25) is 4.79 Å². The highest BCUT2D eigenvalue weighted by molar-refractivity contribution is 5.49. The summed E-state index contributed by atoms with van der Waals surface area (Å²) >= 11 is 0. The molecule has 0 fully saturated rings. The van der Waals surface area contributed by atoms with E-state index < -0.39 is 0 Å². The molecule has 3 heteroatoms. The molecular formula is C5H5N2O. The third-order valence-electron chi connectivity index (χ3n) is 0.806. The van der Waals surface area contributed by atoms with Crippen LogP contribution in [0.5, 0.6) is 0 Å². The van der Waals surface area contributed by atoms with E-state index in [2.05, 4.69) is 4.98 Å². The summed E-state index contributed by atoms with van der Waals surface area (Å²) in [5.74, 6) is 0. The summed E-state index contributed by atoms with van der Waals surface area (Å²) in [7, 11) is 0. The van der Waals surface area contributed by atoms with Gasteiger partial charge in [0.2, 0.25) is 6.29 Å². The number of imidazole rings is 1. The van der Waals surface area contributed by atoms with Crippen LogP contribution in [0.4, 0.5) is 0 Å². The number of aromatic nitrogens is 2. The maximum Gasteiger partial charge on any atom is 0.219 e. The Bertz CT molecular complexity index is 157. The third-order valence-corrected chi connectivity index (χ3v) is 0.806. The number of carbonyl (C=O) groups excluding carboxylic acids is 1. The van der Waals surface area contributed by atoms with Crippen molar-refractivity contribution < 1.29 is 4.79 Å². The standard InChI is InChI=1S/C5H5N2O/c8-4-3-7-2-1-6-5-7/h1-2,5H,3H2. The largest absolute Gasteiger partial charge is 0.330 e. The SMILES string of the molecule is O=[C]Cn1ccnc1. The van der Waals surface area contributed by atoms with Crippen molar-refractivity contribution in [2.24, 2.45) is 0 Å². The van der Waals surface area contributed by atoms with E-state index in [-0.39, 0.29) is 6.54 Å². The van der Waals surface area contributed by atoms with E-state index in [4.69, 9.17) is 0 Å². The highest BCUT2D eigenvalue weighted by Crippen LogP contribution is 1.80. The Morgan fingerprint density at radius 1 is 1.75 bits per heavy atom. The topological polar surface area (TPSA) is 34.9 Å². The average molecular weight is 109 g/mol. The summed E-state index contributed by atoms with van der Waals surface area (Å²) in [6.45, 7) is 0.278. The van der Waals surface area contributed by atoms with Crippen LogP contribution in [0.1, 0.15) is 0 Å². The molecule has 1 rings (SSSR count). The summed E-state index contributed by atoms with van der Waals surface area (Å²) in [4.78, 5) is 13.4. The van der Waals surface area contributed by atoms with Crippen molar-refractivity contribution in [1.82, 2.24) is 9.55 Å². The van der Waals surface area contributed by atoms with Crippen molar-refractivity contribution in [3.05, 3.63) is 18.7 Å². The lowest BCUT2D eigenvalue weighted by atomic mass is 10.7. The highest BCUT2D eigenvalue weighted by Gasteiger charge is 1.83. The van der Waals surface area contributed by atoms with Gasteiger partial charge in [0.1, 0.15) is 0 Å². The Balaban J connectivity index is 2.62. The minimum absolute atomic E-state index is 0.278. The molecule has 0 atom stereocenters. The Morgan fingerprint density at radius 2 is 2.62 bits per heavy atom. The molecule has 8 heavy (non-hydrogen) atoms. The lowest BCUT2D eigenvalue weighted by Crippen LogP contribution is -1.93. The Labute approximate surface area is 47.0 Å². The van der Waals surface area contributed by atoms with Crippen molar-refractivity contribution in [2.45, 2.75) is 6.54 Å². The van der Waals surface area contributed by atoms with Crippen LogP contribution in [0.15, 0.2) is 18.7 Å². The Kier molecular flexibility index (Phi) is 1.42. The zero-order chi connectivity index (χ0) is 5.82. The maximum atomic E-state index is 9.70. The number of nitrogens with zero attached hydrogens (tertiary/aromatic N) is 2. The summed E-state index contributed by atoms with van der Waals surface area (Å²) in [5, 5.41) is 0. The van der Waals surface area contributed by atoms with E-state index in [1.165, 1.54) is 0 Å². The average Bonchev–Trinajstić information content (AvgIpc) is 2.19. The van der Waals surface area contributed by atoms with Crippen molar-refractivity contribution in [2.75, 3.05) is 0 Å². The van der Waals surface area contributed by atoms with Crippen LogP contribution in [0.3, 0.4) is 0 Å². The lowest BCUT2D eigenvalue weighted by Gasteiger charge is -1.86. The van der Waals surface area contributed by atoms with Gasteiger partial charge >= 0.3 is 0 Å². The zero-order valence-corrected chi connectivity index (χ0v) is 4.24. The molecule has 1 heterocycles. The molecule has 1 radical (unpaired) electrons. The van der Waals surface area contributed by atoms with Crippen LogP contribution < -0.4 is 0 Å². The van der Waals surface area contributed by atoms with Gasteiger partial charge in [0.05, 0.1) is 12.9 Å². The minimum Gasteiger partial charge on any atom is -0.330 e. The Hall–Kier alpha value is -1.12. The first-order valence-electron chi connectivity index (χ1n) is 2.24. The van der Waals surface area contributed by atoms with Gasteiger partial charge in [-0.05, 0) is 0 Å². The van der Waals surface area contributed by atoms with Crippen LogP contribution in [0.2, 0.25) is 0 Å². The smallest absolute Gasteiger partial charge is 0.219 e. The summed E-state index contributed by atoms with van der Waals surface area (Å²) < 4.78 is 1.65. The second-order valence-electron chi connectivity index (χ2n) is 1.38. The van der Waals surface area contributed by atoms with E-state index in [0.717, 1.165) is 0 Å². The molecule has 3 nitrogen and oxygen atoms in total. The first-order valence-corrected chi connectivity index (χ1v) is 2.24. The number of hydrogen-bond acceptors (Lipinski definition) is 2. The molecule has 0 amide bonds. The molecular weight excluding hydrogens is 104 g/mol. The second kappa shape index (κ2) is 2.26. The van der Waals surface area contributed by atoms with Crippen molar-refractivity contribution in [1.29, 1.82) is 0 Å². The van der Waals surface area contributed by atoms with E-state index in [1.807, 2.05) is 0 Å². The first-order chi connectivity index (χ1) is 3.93. The molecule has 0 aliphatic carbocycles. The molecule has 0 aromatic carbocycles. The molecule has 0 spiro atoms. The van der Waals surface area contributed by atoms with Crippen LogP contribution in [-0.2, 0) is 11.3 Å². The van der Waals surface area contributed by atoms with Crippen molar-refractivity contribution in [3.8, 4) is 0 Å². The van der Waals surface area contributed by atoms with E-state index in [0.29, 0.717) is 0 Å². The van der Waals surface area contributed by atoms with Gasteiger partial charge in [0.15, 0.2) is 0 Å².